The van der Waals surface area contributed by atoms with E-state index in [0.717, 1.165) is 11.4 Å². The van der Waals surface area contributed by atoms with Gasteiger partial charge in [-0.25, -0.2) is 0 Å². The second-order valence-electron chi connectivity index (χ2n) is 3.69. The third kappa shape index (κ3) is 3.43. The van der Waals surface area contributed by atoms with Gasteiger partial charge in [-0.2, -0.15) is 4.98 Å². The van der Waals surface area contributed by atoms with Crippen LogP contribution in [0.15, 0.2) is 35.5 Å². The molecule has 0 fully saturated rings. The molecule has 0 atom stereocenters. The van der Waals surface area contributed by atoms with E-state index in [2.05, 4.69) is 27.3 Å². The summed E-state index contributed by atoms with van der Waals surface area (Å²) in [6, 6.07) is 10.2. The lowest BCUT2D eigenvalue weighted by Crippen LogP contribution is -2.02. The average Bonchev–Trinajstić information content (AvgIpc) is 2.41. The molecule has 0 saturated heterocycles. The molecule has 5 heteroatoms. The van der Waals surface area contributed by atoms with Gasteiger partial charge < -0.3 is 4.74 Å². The molecular weight excluding hydrogens is 246 g/mol. The number of rotatable bonds is 5. The number of thioether (sulfide) groups is 1. The smallest absolute Gasteiger partial charge is 0.239 e. The van der Waals surface area contributed by atoms with Crippen molar-refractivity contribution < 1.29 is 4.74 Å². The van der Waals surface area contributed by atoms with E-state index in [1.165, 1.54) is 5.56 Å². The van der Waals surface area contributed by atoms with Gasteiger partial charge in [-0.1, -0.05) is 42.1 Å². The minimum absolute atomic E-state index is 0.572. The summed E-state index contributed by atoms with van der Waals surface area (Å²) in [5.74, 6) is 1.40. The summed E-state index contributed by atoms with van der Waals surface area (Å²) in [4.78, 5) is 4.34. The zero-order chi connectivity index (χ0) is 12.8. The van der Waals surface area contributed by atoms with E-state index in [4.69, 9.17) is 4.74 Å². The van der Waals surface area contributed by atoms with Crippen molar-refractivity contribution in [2.45, 2.75) is 24.8 Å². The number of aryl methyl sites for hydroxylation is 1. The van der Waals surface area contributed by atoms with Crippen LogP contribution >= 0.6 is 11.8 Å². The van der Waals surface area contributed by atoms with Gasteiger partial charge in [-0.05, 0) is 19.4 Å². The summed E-state index contributed by atoms with van der Waals surface area (Å²) < 4.78 is 5.40. The lowest BCUT2D eigenvalue weighted by atomic mass is 10.2. The van der Waals surface area contributed by atoms with Crippen LogP contribution in [0.4, 0.5) is 0 Å². The topological polar surface area (TPSA) is 47.9 Å². The Kier molecular flexibility index (Phi) is 4.52. The molecule has 0 aliphatic carbocycles. The number of hydrogen-bond donors (Lipinski definition) is 0. The van der Waals surface area contributed by atoms with Gasteiger partial charge in [0.15, 0.2) is 0 Å². The maximum absolute atomic E-state index is 5.40. The fraction of sp³-hybridized carbons (Fsp3) is 0.308. The van der Waals surface area contributed by atoms with E-state index in [0.29, 0.717) is 17.6 Å². The minimum Gasteiger partial charge on any atom is -0.477 e. The lowest BCUT2D eigenvalue weighted by molar-refractivity contribution is 0.316. The quantitative estimate of drug-likeness (QED) is 0.774. The molecule has 2 rings (SSSR count). The molecule has 0 aliphatic rings. The summed E-state index contributed by atoms with van der Waals surface area (Å²) in [6.07, 6.45) is 0. The van der Waals surface area contributed by atoms with Crippen molar-refractivity contribution in [1.82, 2.24) is 15.2 Å². The van der Waals surface area contributed by atoms with Gasteiger partial charge in [-0.15, -0.1) is 10.2 Å². The molecule has 18 heavy (non-hydrogen) atoms. The van der Waals surface area contributed by atoms with Crippen molar-refractivity contribution in [3.63, 3.8) is 0 Å². The van der Waals surface area contributed by atoms with Crippen LogP contribution in [-0.4, -0.2) is 21.8 Å². The van der Waals surface area contributed by atoms with Gasteiger partial charge >= 0.3 is 0 Å². The van der Waals surface area contributed by atoms with Crippen LogP contribution in [0.25, 0.3) is 0 Å². The molecular formula is C13H15N3OS. The van der Waals surface area contributed by atoms with Crippen LogP contribution in [-0.2, 0) is 5.75 Å². The van der Waals surface area contributed by atoms with Crippen LogP contribution < -0.4 is 4.74 Å². The Hall–Kier alpha value is -1.62. The Morgan fingerprint density at radius 3 is 2.67 bits per heavy atom. The Morgan fingerprint density at radius 1 is 1.17 bits per heavy atom. The van der Waals surface area contributed by atoms with E-state index < -0.39 is 0 Å². The van der Waals surface area contributed by atoms with Crippen LogP contribution in [0.1, 0.15) is 18.2 Å². The van der Waals surface area contributed by atoms with Gasteiger partial charge in [0.1, 0.15) is 5.69 Å². The second kappa shape index (κ2) is 6.35. The summed E-state index contributed by atoms with van der Waals surface area (Å²) in [6.45, 7) is 4.36. The first-order valence-electron chi connectivity index (χ1n) is 5.80. The molecule has 1 aromatic heterocycles. The number of ether oxygens (including phenoxy) is 1. The van der Waals surface area contributed by atoms with Crippen LogP contribution in [0.5, 0.6) is 5.88 Å². The van der Waals surface area contributed by atoms with Crippen molar-refractivity contribution in [1.29, 1.82) is 0 Å². The summed E-state index contributed by atoms with van der Waals surface area (Å²) in [5, 5.41) is 8.76. The highest BCUT2D eigenvalue weighted by atomic mass is 32.2. The predicted molar refractivity (Wildman–Crippen MR) is 71.7 cm³/mol. The predicted octanol–water partition coefficient (Wildman–Crippen LogP) is 2.87. The number of benzene rings is 1. The zero-order valence-electron chi connectivity index (χ0n) is 10.5. The Labute approximate surface area is 111 Å². The second-order valence-corrected chi connectivity index (χ2v) is 4.63. The molecule has 0 N–H and O–H groups in total. The first-order valence-corrected chi connectivity index (χ1v) is 6.79. The maximum Gasteiger partial charge on any atom is 0.239 e. The van der Waals surface area contributed by atoms with E-state index in [-0.39, 0.29) is 0 Å². The summed E-state index contributed by atoms with van der Waals surface area (Å²) in [7, 11) is 0. The van der Waals surface area contributed by atoms with Gasteiger partial charge in [0.05, 0.1) is 6.61 Å². The number of hydrogen-bond acceptors (Lipinski definition) is 5. The molecule has 0 radical (unpaired) electrons. The Bertz CT molecular complexity index is 505. The van der Waals surface area contributed by atoms with E-state index in [1.54, 1.807) is 11.8 Å². The van der Waals surface area contributed by atoms with Crippen molar-refractivity contribution in [2.75, 3.05) is 6.61 Å². The molecule has 4 nitrogen and oxygen atoms in total. The Balaban J connectivity index is 2.03. The van der Waals surface area contributed by atoms with Crippen molar-refractivity contribution in [3.8, 4) is 5.88 Å². The first kappa shape index (κ1) is 12.8. The molecule has 0 amide bonds. The molecule has 0 bridgehead atoms. The van der Waals surface area contributed by atoms with Gasteiger partial charge in [0.25, 0.3) is 0 Å². The third-order valence-electron chi connectivity index (χ3n) is 2.28. The van der Waals surface area contributed by atoms with Crippen LogP contribution in [0, 0.1) is 6.92 Å². The van der Waals surface area contributed by atoms with E-state index >= 15 is 0 Å². The van der Waals surface area contributed by atoms with Crippen LogP contribution in [0.2, 0.25) is 0 Å². The fourth-order valence-corrected chi connectivity index (χ4v) is 2.14. The molecule has 1 heterocycles. The molecule has 0 spiro atoms. The highest BCUT2D eigenvalue weighted by molar-refractivity contribution is 7.98. The Morgan fingerprint density at radius 2 is 1.94 bits per heavy atom. The highest BCUT2D eigenvalue weighted by Crippen LogP contribution is 2.21. The summed E-state index contributed by atoms with van der Waals surface area (Å²) in [5.41, 5.74) is 1.96. The normalized spacial score (nSPS) is 10.3. The monoisotopic (exact) mass is 261 g/mol. The SMILES string of the molecule is CCOc1nc(SCc2ccccc2)nnc1C. The number of aromatic nitrogens is 3. The fourth-order valence-electron chi connectivity index (χ4n) is 1.41. The van der Waals surface area contributed by atoms with E-state index in [1.807, 2.05) is 32.0 Å². The molecule has 0 aliphatic heterocycles. The van der Waals surface area contributed by atoms with Crippen molar-refractivity contribution in [2.24, 2.45) is 0 Å². The van der Waals surface area contributed by atoms with E-state index in [9.17, 15) is 0 Å². The molecule has 2 aromatic rings. The largest absolute Gasteiger partial charge is 0.477 e. The van der Waals surface area contributed by atoms with Crippen LogP contribution in [0.3, 0.4) is 0 Å². The number of nitrogens with zero attached hydrogens (tertiary/aromatic N) is 3. The van der Waals surface area contributed by atoms with Gasteiger partial charge in [0.2, 0.25) is 11.0 Å². The first-order chi connectivity index (χ1) is 8.79. The van der Waals surface area contributed by atoms with Gasteiger partial charge in [0, 0.05) is 5.75 Å². The highest BCUT2D eigenvalue weighted by Gasteiger charge is 2.06. The molecule has 1 aromatic carbocycles. The third-order valence-corrected chi connectivity index (χ3v) is 3.19. The standard InChI is InChI=1S/C13H15N3OS/c1-3-17-12-10(2)15-16-13(14-12)18-9-11-7-5-4-6-8-11/h4-8H,3,9H2,1-2H3. The lowest BCUT2D eigenvalue weighted by Gasteiger charge is -2.05. The zero-order valence-corrected chi connectivity index (χ0v) is 11.3. The van der Waals surface area contributed by atoms with Crippen molar-refractivity contribution in [3.05, 3.63) is 41.6 Å². The molecule has 94 valence electrons. The maximum atomic E-state index is 5.40. The van der Waals surface area contributed by atoms with Crippen molar-refractivity contribution >= 4 is 11.8 Å². The average molecular weight is 261 g/mol. The summed E-state index contributed by atoms with van der Waals surface area (Å²) >= 11 is 1.56. The van der Waals surface area contributed by atoms with Gasteiger partial charge in [-0.3, -0.25) is 0 Å². The molecule has 0 saturated carbocycles. The molecule has 0 unspecified atom stereocenters. The minimum atomic E-state index is 0.572.